The van der Waals surface area contributed by atoms with Crippen LogP contribution in [-0.4, -0.2) is 19.8 Å². The molecular weight excluding hydrogens is 238 g/mol. The molecule has 0 aliphatic carbocycles. The van der Waals surface area contributed by atoms with Crippen molar-refractivity contribution in [3.63, 3.8) is 0 Å². The smallest absolute Gasteiger partial charge is 0.134 e. The quantitative estimate of drug-likeness (QED) is 0.732. The van der Waals surface area contributed by atoms with Crippen molar-refractivity contribution < 1.29 is 9.15 Å². The second kappa shape index (κ2) is 7.31. The van der Waals surface area contributed by atoms with Gasteiger partial charge in [0.1, 0.15) is 11.3 Å². The Bertz CT molecular complexity index is 459. The van der Waals surface area contributed by atoms with Crippen molar-refractivity contribution in [1.29, 1.82) is 0 Å². The maximum atomic E-state index is 5.90. The van der Waals surface area contributed by atoms with Crippen molar-refractivity contribution in [2.45, 2.75) is 32.7 Å². The molecule has 0 aliphatic heterocycles. The summed E-state index contributed by atoms with van der Waals surface area (Å²) in [4.78, 5) is 0. The molecule has 0 saturated heterocycles. The lowest BCUT2D eigenvalue weighted by atomic mass is 10.2. The van der Waals surface area contributed by atoms with E-state index in [-0.39, 0.29) is 6.04 Å². The van der Waals surface area contributed by atoms with Crippen molar-refractivity contribution >= 4 is 11.0 Å². The highest BCUT2D eigenvalue weighted by atomic mass is 16.5. The molecule has 1 unspecified atom stereocenters. The lowest BCUT2D eigenvalue weighted by Crippen LogP contribution is -2.25. The molecule has 0 radical (unpaired) electrons. The van der Waals surface area contributed by atoms with E-state index in [0.717, 1.165) is 42.7 Å². The lowest BCUT2D eigenvalue weighted by molar-refractivity contribution is 0.104. The summed E-state index contributed by atoms with van der Waals surface area (Å²) in [6, 6.07) is 10.3. The molecule has 0 saturated carbocycles. The fourth-order valence-electron chi connectivity index (χ4n) is 2.11. The summed E-state index contributed by atoms with van der Waals surface area (Å²) in [7, 11) is 0. The molecule has 1 aromatic carbocycles. The third-order valence-corrected chi connectivity index (χ3v) is 3.17. The zero-order valence-electron chi connectivity index (χ0n) is 11.8. The number of ether oxygens (including phenoxy) is 1. The summed E-state index contributed by atoms with van der Waals surface area (Å²) in [6.45, 7) is 6.65. The minimum atomic E-state index is 0.134. The highest BCUT2D eigenvalue weighted by Crippen LogP contribution is 2.24. The van der Waals surface area contributed by atoms with Crippen molar-refractivity contribution in [3.05, 3.63) is 36.1 Å². The van der Waals surface area contributed by atoms with Gasteiger partial charge >= 0.3 is 0 Å². The van der Waals surface area contributed by atoms with Crippen molar-refractivity contribution in [2.24, 2.45) is 0 Å². The Morgan fingerprint density at radius 1 is 1.26 bits per heavy atom. The highest BCUT2D eigenvalue weighted by Gasteiger charge is 2.15. The van der Waals surface area contributed by atoms with E-state index >= 15 is 0 Å². The summed E-state index contributed by atoms with van der Waals surface area (Å²) >= 11 is 0. The molecule has 2 aromatic rings. The van der Waals surface area contributed by atoms with E-state index in [1.807, 2.05) is 18.2 Å². The average molecular weight is 261 g/mol. The van der Waals surface area contributed by atoms with Gasteiger partial charge in [-0.3, -0.25) is 0 Å². The summed E-state index contributed by atoms with van der Waals surface area (Å²) in [5, 5.41) is 4.57. The number of nitrogens with one attached hydrogen (secondary N) is 1. The summed E-state index contributed by atoms with van der Waals surface area (Å²) in [5.41, 5.74) is 0.939. The minimum Gasteiger partial charge on any atom is -0.459 e. The second-order valence-electron chi connectivity index (χ2n) is 4.73. The maximum Gasteiger partial charge on any atom is 0.134 e. The van der Waals surface area contributed by atoms with Crippen LogP contribution in [0.5, 0.6) is 0 Å². The van der Waals surface area contributed by atoms with Crippen LogP contribution in [-0.2, 0) is 4.74 Å². The Labute approximate surface area is 114 Å². The maximum absolute atomic E-state index is 5.90. The summed E-state index contributed by atoms with van der Waals surface area (Å²) in [5.74, 6) is 0.958. The first-order valence-corrected chi connectivity index (χ1v) is 7.14. The van der Waals surface area contributed by atoms with Gasteiger partial charge in [0.05, 0.1) is 12.6 Å². The fourth-order valence-corrected chi connectivity index (χ4v) is 2.11. The summed E-state index contributed by atoms with van der Waals surface area (Å²) < 4.78 is 11.6. The number of hydrogen-bond donors (Lipinski definition) is 1. The number of benzene rings is 1. The number of hydrogen-bond acceptors (Lipinski definition) is 3. The monoisotopic (exact) mass is 261 g/mol. The molecule has 1 N–H and O–H groups in total. The van der Waals surface area contributed by atoms with Crippen LogP contribution in [0.15, 0.2) is 34.7 Å². The molecule has 1 aromatic heterocycles. The molecule has 104 valence electrons. The molecule has 0 fully saturated rings. The Morgan fingerprint density at radius 3 is 2.84 bits per heavy atom. The molecule has 3 nitrogen and oxygen atoms in total. The lowest BCUT2D eigenvalue weighted by Gasteiger charge is -2.15. The van der Waals surface area contributed by atoms with Gasteiger partial charge in [-0.2, -0.15) is 0 Å². The fraction of sp³-hybridized carbons (Fsp3) is 0.500. The van der Waals surface area contributed by atoms with E-state index in [2.05, 4.69) is 31.3 Å². The van der Waals surface area contributed by atoms with Crippen LogP contribution >= 0.6 is 0 Å². The molecule has 3 heteroatoms. The normalized spacial score (nSPS) is 12.9. The standard InChI is InChI=1S/C16H23NO2/c1-3-5-10-18-12-14(17-4-2)16-11-13-8-6-7-9-15(13)19-16/h6-9,11,14,17H,3-5,10,12H2,1-2H3. The van der Waals surface area contributed by atoms with E-state index in [1.165, 1.54) is 0 Å². The predicted octanol–water partition coefficient (Wildman–Crippen LogP) is 3.90. The first-order valence-electron chi connectivity index (χ1n) is 7.14. The number of furan rings is 1. The predicted molar refractivity (Wildman–Crippen MR) is 78.4 cm³/mol. The van der Waals surface area contributed by atoms with Crippen LogP contribution in [0.3, 0.4) is 0 Å². The molecular formula is C16H23NO2. The Hall–Kier alpha value is -1.32. The number of likely N-dealkylation sites (N-methyl/N-ethyl adjacent to an activating group) is 1. The number of para-hydroxylation sites is 1. The largest absolute Gasteiger partial charge is 0.459 e. The number of fused-ring (bicyclic) bond motifs is 1. The van der Waals surface area contributed by atoms with Crippen LogP contribution in [0.25, 0.3) is 11.0 Å². The van der Waals surface area contributed by atoms with Crippen LogP contribution in [0.4, 0.5) is 0 Å². The molecule has 19 heavy (non-hydrogen) atoms. The van der Waals surface area contributed by atoms with E-state index in [0.29, 0.717) is 6.61 Å². The topological polar surface area (TPSA) is 34.4 Å². The van der Waals surface area contributed by atoms with Crippen molar-refractivity contribution in [3.8, 4) is 0 Å². The van der Waals surface area contributed by atoms with Gasteiger partial charge in [0.25, 0.3) is 0 Å². The molecule has 0 aliphatic rings. The van der Waals surface area contributed by atoms with E-state index < -0.39 is 0 Å². The average Bonchev–Trinajstić information content (AvgIpc) is 2.86. The molecule has 0 bridgehead atoms. The van der Waals surface area contributed by atoms with Crippen LogP contribution in [0.1, 0.15) is 38.5 Å². The minimum absolute atomic E-state index is 0.134. The Morgan fingerprint density at radius 2 is 2.11 bits per heavy atom. The van der Waals surface area contributed by atoms with Crippen molar-refractivity contribution in [1.82, 2.24) is 5.32 Å². The first kappa shape index (κ1) is 14.1. The van der Waals surface area contributed by atoms with Crippen molar-refractivity contribution in [2.75, 3.05) is 19.8 Å². The third kappa shape index (κ3) is 3.82. The van der Waals surface area contributed by atoms with Gasteiger partial charge in [-0.15, -0.1) is 0 Å². The number of unbranched alkanes of at least 4 members (excludes halogenated alkanes) is 1. The molecule has 1 heterocycles. The van der Waals surface area contributed by atoms with Gasteiger partial charge in [0, 0.05) is 12.0 Å². The van der Waals surface area contributed by atoms with Gasteiger partial charge < -0.3 is 14.5 Å². The van der Waals surface area contributed by atoms with E-state index in [9.17, 15) is 0 Å². The van der Waals surface area contributed by atoms with Gasteiger partial charge in [0.2, 0.25) is 0 Å². The van der Waals surface area contributed by atoms with Crippen LogP contribution in [0.2, 0.25) is 0 Å². The van der Waals surface area contributed by atoms with Crippen LogP contribution in [0, 0.1) is 0 Å². The Balaban J connectivity index is 2.04. The van der Waals surface area contributed by atoms with Gasteiger partial charge in [-0.25, -0.2) is 0 Å². The Kier molecular flexibility index (Phi) is 5.43. The van der Waals surface area contributed by atoms with Gasteiger partial charge in [-0.05, 0) is 25.1 Å². The van der Waals surface area contributed by atoms with Gasteiger partial charge in [0.15, 0.2) is 0 Å². The SMILES string of the molecule is CCCCOCC(NCC)c1cc2ccccc2o1. The summed E-state index contributed by atoms with van der Waals surface area (Å²) in [6.07, 6.45) is 2.27. The van der Waals surface area contributed by atoms with Crippen LogP contribution < -0.4 is 5.32 Å². The van der Waals surface area contributed by atoms with Gasteiger partial charge in [-0.1, -0.05) is 38.5 Å². The zero-order valence-corrected chi connectivity index (χ0v) is 11.8. The molecule has 0 spiro atoms. The number of rotatable bonds is 8. The molecule has 1 atom stereocenters. The third-order valence-electron chi connectivity index (χ3n) is 3.17. The highest BCUT2D eigenvalue weighted by molar-refractivity contribution is 5.77. The molecule has 0 amide bonds. The molecule has 2 rings (SSSR count). The first-order chi connectivity index (χ1) is 9.35. The van der Waals surface area contributed by atoms with E-state index in [1.54, 1.807) is 0 Å². The second-order valence-corrected chi connectivity index (χ2v) is 4.73. The zero-order chi connectivity index (χ0) is 13.5. The van der Waals surface area contributed by atoms with E-state index in [4.69, 9.17) is 9.15 Å².